The van der Waals surface area contributed by atoms with Crippen LogP contribution in [0.4, 0.5) is 5.69 Å². The van der Waals surface area contributed by atoms with Gasteiger partial charge in [0, 0.05) is 16.9 Å². The molecule has 0 fully saturated rings. The van der Waals surface area contributed by atoms with Crippen LogP contribution in [0.2, 0.25) is 0 Å². The van der Waals surface area contributed by atoms with Gasteiger partial charge in [-0.1, -0.05) is 18.2 Å². The predicted octanol–water partition coefficient (Wildman–Crippen LogP) is 3.16. The molecule has 0 aliphatic heterocycles. The van der Waals surface area contributed by atoms with Crippen LogP contribution in [0.15, 0.2) is 58.8 Å². The Labute approximate surface area is 127 Å². The molecule has 0 aliphatic rings. The fourth-order valence-corrected chi connectivity index (χ4v) is 4.25. The van der Waals surface area contributed by atoms with Crippen molar-refractivity contribution in [1.82, 2.24) is 0 Å². The molecule has 0 radical (unpaired) electrons. The molecule has 1 aromatic heterocycles. The first-order chi connectivity index (χ1) is 10.1. The lowest BCUT2D eigenvalue weighted by Gasteiger charge is -2.11. The van der Waals surface area contributed by atoms with Crippen molar-refractivity contribution in [3.63, 3.8) is 0 Å². The maximum Gasteiger partial charge on any atom is 0.262 e. The summed E-state index contributed by atoms with van der Waals surface area (Å²) in [7, 11) is -3.63. The maximum atomic E-state index is 12.5. The van der Waals surface area contributed by atoms with Crippen molar-refractivity contribution in [2.24, 2.45) is 5.73 Å². The molecule has 0 spiro atoms. The van der Waals surface area contributed by atoms with Crippen LogP contribution in [0.25, 0.3) is 10.1 Å². The van der Waals surface area contributed by atoms with Crippen LogP contribution >= 0.6 is 11.3 Å². The third-order valence-corrected chi connectivity index (χ3v) is 5.57. The molecule has 0 atom stereocenters. The number of sulfonamides is 1. The van der Waals surface area contributed by atoms with Crippen molar-refractivity contribution < 1.29 is 8.42 Å². The molecule has 0 amide bonds. The molecule has 6 heteroatoms. The zero-order chi connectivity index (χ0) is 14.9. The quantitative estimate of drug-likeness (QED) is 0.776. The number of hydrogen-bond donors (Lipinski definition) is 2. The van der Waals surface area contributed by atoms with Crippen LogP contribution < -0.4 is 10.5 Å². The molecular formula is C15H14N2O2S2. The second-order valence-corrected chi connectivity index (χ2v) is 7.19. The Bertz CT molecular complexity index is 885. The average molecular weight is 318 g/mol. The van der Waals surface area contributed by atoms with Crippen molar-refractivity contribution in [3.8, 4) is 0 Å². The van der Waals surface area contributed by atoms with Crippen LogP contribution in [0.1, 0.15) is 5.56 Å². The van der Waals surface area contributed by atoms with Crippen LogP contribution in [-0.4, -0.2) is 8.42 Å². The Kier molecular flexibility index (Phi) is 3.67. The van der Waals surface area contributed by atoms with Gasteiger partial charge < -0.3 is 5.73 Å². The fourth-order valence-electron chi connectivity index (χ4n) is 2.17. The highest BCUT2D eigenvalue weighted by Crippen LogP contribution is 2.26. The first-order valence-electron chi connectivity index (χ1n) is 6.38. The molecule has 3 rings (SSSR count). The standard InChI is InChI=1S/C15H14N2O2S2/c16-10-12-3-1-2-4-15(12)21(18,19)17-13-5-6-14-11(9-13)7-8-20-14/h1-9,17H,10,16H2. The molecule has 0 unspecified atom stereocenters. The zero-order valence-electron chi connectivity index (χ0n) is 11.1. The summed E-state index contributed by atoms with van der Waals surface area (Å²) < 4.78 is 28.7. The number of fused-ring (bicyclic) bond motifs is 1. The van der Waals surface area contributed by atoms with Gasteiger partial charge in [0.1, 0.15) is 0 Å². The van der Waals surface area contributed by atoms with E-state index < -0.39 is 10.0 Å². The lowest BCUT2D eigenvalue weighted by atomic mass is 10.2. The van der Waals surface area contributed by atoms with Gasteiger partial charge in [0.2, 0.25) is 0 Å². The molecule has 0 aliphatic carbocycles. The second-order valence-electron chi connectivity index (χ2n) is 4.59. The molecule has 4 nitrogen and oxygen atoms in total. The number of anilines is 1. The van der Waals surface area contributed by atoms with Crippen molar-refractivity contribution in [2.45, 2.75) is 11.4 Å². The van der Waals surface area contributed by atoms with E-state index in [1.807, 2.05) is 23.6 Å². The van der Waals surface area contributed by atoms with E-state index in [1.54, 1.807) is 41.7 Å². The Balaban J connectivity index is 1.98. The smallest absolute Gasteiger partial charge is 0.262 e. The summed E-state index contributed by atoms with van der Waals surface area (Å²) in [5, 5.41) is 3.00. The summed E-state index contributed by atoms with van der Waals surface area (Å²) in [5.41, 5.74) is 6.76. The van der Waals surface area contributed by atoms with E-state index >= 15 is 0 Å². The molecule has 0 saturated carbocycles. The van der Waals surface area contributed by atoms with Gasteiger partial charge in [-0.3, -0.25) is 4.72 Å². The molecule has 21 heavy (non-hydrogen) atoms. The Morgan fingerprint density at radius 2 is 1.90 bits per heavy atom. The molecular weight excluding hydrogens is 304 g/mol. The highest BCUT2D eigenvalue weighted by molar-refractivity contribution is 7.92. The number of nitrogens with one attached hydrogen (secondary N) is 1. The van der Waals surface area contributed by atoms with Crippen molar-refractivity contribution in [1.29, 1.82) is 0 Å². The lowest BCUT2D eigenvalue weighted by Crippen LogP contribution is -2.16. The predicted molar refractivity (Wildman–Crippen MR) is 87.0 cm³/mol. The number of benzene rings is 2. The molecule has 0 bridgehead atoms. The zero-order valence-corrected chi connectivity index (χ0v) is 12.7. The molecule has 108 valence electrons. The van der Waals surface area contributed by atoms with Crippen LogP contribution in [0.3, 0.4) is 0 Å². The van der Waals surface area contributed by atoms with Gasteiger partial charge in [0.05, 0.1) is 4.90 Å². The third kappa shape index (κ3) is 2.78. The van der Waals surface area contributed by atoms with E-state index in [-0.39, 0.29) is 11.4 Å². The summed E-state index contributed by atoms with van der Waals surface area (Å²) in [6.07, 6.45) is 0. The monoisotopic (exact) mass is 318 g/mol. The second kappa shape index (κ2) is 5.48. The van der Waals surface area contributed by atoms with Gasteiger partial charge in [-0.2, -0.15) is 0 Å². The number of hydrogen-bond acceptors (Lipinski definition) is 4. The Hall–Kier alpha value is -1.89. The average Bonchev–Trinajstić information content (AvgIpc) is 2.94. The van der Waals surface area contributed by atoms with Gasteiger partial charge >= 0.3 is 0 Å². The highest BCUT2D eigenvalue weighted by atomic mass is 32.2. The Morgan fingerprint density at radius 3 is 2.71 bits per heavy atom. The van der Waals surface area contributed by atoms with Crippen molar-refractivity contribution in [2.75, 3.05) is 4.72 Å². The summed E-state index contributed by atoms with van der Waals surface area (Å²) in [6.45, 7) is 0.181. The van der Waals surface area contributed by atoms with Gasteiger partial charge in [0.15, 0.2) is 0 Å². The number of nitrogens with two attached hydrogens (primary N) is 1. The van der Waals surface area contributed by atoms with Gasteiger partial charge in [-0.25, -0.2) is 8.42 Å². The summed E-state index contributed by atoms with van der Waals surface area (Å²) in [6, 6.07) is 14.2. The molecule has 1 heterocycles. The first kappa shape index (κ1) is 14.1. The molecule has 2 aromatic carbocycles. The van der Waals surface area contributed by atoms with E-state index in [4.69, 9.17) is 5.73 Å². The number of rotatable bonds is 4. The van der Waals surface area contributed by atoms with Crippen LogP contribution in [-0.2, 0) is 16.6 Å². The van der Waals surface area contributed by atoms with E-state index in [0.29, 0.717) is 11.3 Å². The summed E-state index contributed by atoms with van der Waals surface area (Å²) in [5.74, 6) is 0. The van der Waals surface area contributed by atoms with Gasteiger partial charge in [-0.15, -0.1) is 11.3 Å². The minimum atomic E-state index is -3.63. The largest absolute Gasteiger partial charge is 0.326 e. The minimum absolute atomic E-state index is 0.181. The third-order valence-electron chi connectivity index (χ3n) is 3.19. The molecule has 0 saturated heterocycles. The minimum Gasteiger partial charge on any atom is -0.326 e. The van der Waals surface area contributed by atoms with Crippen molar-refractivity contribution >= 4 is 37.1 Å². The summed E-state index contributed by atoms with van der Waals surface area (Å²) >= 11 is 1.62. The Morgan fingerprint density at radius 1 is 1.10 bits per heavy atom. The molecule has 3 aromatic rings. The van der Waals surface area contributed by atoms with Crippen LogP contribution in [0, 0.1) is 0 Å². The lowest BCUT2D eigenvalue weighted by molar-refractivity contribution is 0.600. The van der Waals surface area contributed by atoms with Crippen LogP contribution in [0.5, 0.6) is 0 Å². The molecule has 3 N–H and O–H groups in total. The topological polar surface area (TPSA) is 72.2 Å². The van der Waals surface area contributed by atoms with Gasteiger partial charge in [0.25, 0.3) is 10.0 Å². The number of thiophene rings is 1. The van der Waals surface area contributed by atoms with E-state index in [1.165, 1.54) is 0 Å². The summed E-state index contributed by atoms with van der Waals surface area (Å²) in [4.78, 5) is 0.220. The van der Waals surface area contributed by atoms with E-state index in [9.17, 15) is 8.42 Å². The van der Waals surface area contributed by atoms with E-state index in [0.717, 1.165) is 10.1 Å². The fraction of sp³-hybridized carbons (Fsp3) is 0.0667. The highest BCUT2D eigenvalue weighted by Gasteiger charge is 2.17. The maximum absolute atomic E-state index is 12.5. The normalized spacial score (nSPS) is 11.7. The SMILES string of the molecule is NCc1ccccc1S(=O)(=O)Nc1ccc2sccc2c1. The first-order valence-corrected chi connectivity index (χ1v) is 8.74. The van der Waals surface area contributed by atoms with Gasteiger partial charge in [-0.05, 0) is 46.7 Å². The van der Waals surface area contributed by atoms with Crippen molar-refractivity contribution in [3.05, 3.63) is 59.5 Å². The van der Waals surface area contributed by atoms with E-state index in [2.05, 4.69) is 4.72 Å².